The summed E-state index contributed by atoms with van der Waals surface area (Å²) in [4.78, 5) is 24.4. The Morgan fingerprint density at radius 1 is 1.00 bits per heavy atom. The Morgan fingerprint density at radius 3 is 2.16 bits per heavy atom. The number of carboxylic acids is 1. The number of carboxylic acid groups (broad SMARTS) is 1. The molecule has 0 radical (unpaired) electrons. The van der Waals surface area contributed by atoms with Gasteiger partial charge in [-0.1, -0.05) is 46.5 Å². The van der Waals surface area contributed by atoms with Crippen LogP contribution in [0.25, 0.3) is 0 Å². The first kappa shape index (κ1) is 23.9. The van der Waals surface area contributed by atoms with Crippen molar-refractivity contribution in [2.24, 2.45) is 5.41 Å². The van der Waals surface area contributed by atoms with E-state index in [1.165, 1.54) is 0 Å². The maximum atomic E-state index is 11.8. The Balaban J connectivity index is 3.99. The zero-order valence-electron chi connectivity index (χ0n) is 16.7. The predicted octanol–water partition coefficient (Wildman–Crippen LogP) is 4.23. The molecule has 0 saturated heterocycles. The van der Waals surface area contributed by atoms with E-state index >= 15 is 0 Å². The van der Waals surface area contributed by atoms with Crippen LogP contribution in [0.2, 0.25) is 0 Å². The number of amides is 1. The lowest BCUT2D eigenvalue weighted by molar-refractivity contribution is -0.139. The summed E-state index contributed by atoms with van der Waals surface area (Å²) in [6.07, 6.45) is 8.41. The molecule has 0 aromatic rings. The van der Waals surface area contributed by atoms with E-state index in [0.717, 1.165) is 57.8 Å². The van der Waals surface area contributed by atoms with Crippen molar-refractivity contribution in [3.63, 3.8) is 0 Å². The molecular formula is C20H39NO4. The number of hydrogen-bond donors (Lipinski definition) is 2. The average molecular weight is 358 g/mol. The van der Waals surface area contributed by atoms with Crippen LogP contribution in [0.1, 0.15) is 91.9 Å². The Morgan fingerprint density at radius 2 is 1.60 bits per heavy atom. The highest BCUT2D eigenvalue weighted by atomic mass is 16.4. The van der Waals surface area contributed by atoms with Crippen LogP contribution in [0.5, 0.6) is 0 Å². The van der Waals surface area contributed by atoms with Gasteiger partial charge in [0.2, 0.25) is 5.91 Å². The van der Waals surface area contributed by atoms with Crippen molar-refractivity contribution in [1.29, 1.82) is 0 Å². The lowest BCUT2D eigenvalue weighted by Gasteiger charge is -2.24. The molecule has 0 aliphatic carbocycles. The van der Waals surface area contributed by atoms with Crippen molar-refractivity contribution in [1.82, 2.24) is 4.90 Å². The quantitative estimate of drug-likeness (QED) is 0.430. The van der Waals surface area contributed by atoms with Gasteiger partial charge in [0.15, 0.2) is 0 Å². The number of rotatable bonds is 15. The molecule has 5 heteroatoms. The first-order chi connectivity index (χ1) is 11.7. The summed E-state index contributed by atoms with van der Waals surface area (Å²) in [5.74, 6) is -0.682. The molecule has 25 heavy (non-hydrogen) atoms. The molecule has 0 aromatic carbocycles. The summed E-state index contributed by atoms with van der Waals surface area (Å²) in [5.41, 5.74) is -0.199. The molecule has 0 aliphatic rings. The monoisotopic (exact) mass is 357 g/mol. The van der Waals surface area contributed by atoms with E-state index in [1.807, 2.05) is 18.7 Å². The van der Waals surface area contributed by atoms with Crippen LogP contribution in [0.4, 0.5) is 0 Å². The largest absolute Gasteiger partial charge is 0.481 e. The standard InChI is InChI=1S/C20H39NO4/c1-5-6-7-11-18(23)12-10-15-21(17(2)22)14-9-8-13-20(3,4)16-19(24)25/h18,23H,5-16H2,1-4H3,(H,24,25). The van der Waals surface area contributed by atoms with Gasteiger partial charge in [0.1, 0.15) is 0 Å². The molecule has 0 saturated carbocycles. The van der Waals surface area contributed by atoms with E-state index in [2.05, 4.69) is 6.92 Å². The van der Waals surface area contributed by atoms with Crippen LogP contribution < -0.4 is 0 Å². The summed E-state index contributed by atoms with van der Waals surface area (Å²) in [6, 6.07) is 0. The van der Waals surface area contributed by atoms with E-state index in [-0.39, 0.29) is 23.8 Å². The highest BCUT2D eigenvalue weighted by Gasteiger charge is 2.21. The van der Waals surface area contributed by atoms with Crippen molar-refractivity contribution in [2.75, 3.05) is 13.1 Å². The minimum atomic E-state index is -0.757. The Bertz CT molecular complexity index is 382. The normalized spacial score (nSPS) is 12.8. The van der Waals surface area contributed by atoms with E-state index in [9.17, 15) is 14.7 Å². The van der Waals surface area contributed by atoms with E-state index in [1.54, 1.807) is 6.92 Å². The Labute approximate surface area is 153 Å². The predicted molar refractivity (Wildman–Crippen MR) is 102 cm³/mol. The Hall–Kier alpha value is -1.10. The second-order valence-corrected chi connectivity index (χ2v) is 7.99. The van der Waals surface area contributed by atoms with Gasteiger partial charge in [-0.2, -0.15) is 0 Å². The fourth-order valence-corrected chi connectivity index (χ4v) is 3.12. The molecule has 2 N–H and O–H groups in total. The smallest absolute Gasteiger partial charge is 0.303 e. The second-order valence-electron chi connectivity index (χ2n) is 7.99. The maximum Gasteiger partial charge on any atom is 0.303 e. The molecular weight excluding hydrogens is 318 g/mol. The first-order valence-electron chi connectivity index (χ1n) is 9.83. The maximum absolute atomic E-state index is 11.8. The van der Waals surface area contributed by atoms with Crippen LogP contribution in [0.15, 0.2) is 0 Å². The van der Waals surface area contributed by atoms with Gasteiger partial charge in [0, 0.05) is 20.0 Å². The summed E-state index contributed by atoms with van der Waals surface area (Å²) in [6.45, 7) is 9.10. The summed E-state index contributed by atoms with van der Waals surface area (Å²) < 4.78 is 0. The number of aliphatic hydroxyl groups excluding tert-OH is 1. The van der Waals surface area contributed by atoms with Gasteiger partial charge in [0.05, 0.1) is 12.5 Å². The van der Waals surface area contributed by atoms with Gasteiger partial charge in [-0.25, -0.2) is 0 Å². The molecule has 0 fully saturated rings. The van der Waals surface area contributed by atoms with Gasteiger partial charge in [-0.15, -0.1) is 0 Å². The van der Waals surface area contributed by atoms with Crippen molar-refractivity contribution in [3.8, 4) is 0 Å². The van der Waals surface area contributed by atoms with E-state index in [4.69, 9.17) is 5.11 Å². The molecule has 0 heterocycles. The van der Waals surface area contributed by atoms with Crippen LogP contribution in [-0.4, -0.2) is 46.2 Å². The zero-order chi connectivity index (χ0) is 19.3. The average Bonchev–Trinajstić information content (AvgIpc) is 2.48. The lowest BCUT2D eigenvalue weighted by Crippen LogP contribution is -2.31. The third-order valence-corrected chi connectivity index (χ3v) is 4.71. The van der Waals surface area contributed by atoms with E-state index in [0.29, 0.717) is 13.1 Å². The van der Waals surface area contributed by atoms with Crippen molar-refractivity contribution in [2.45, 2.75) is 98.0 Å². The topological polar surface area (TPSA) is 77.8 Å². The number of hydrogen-bond acceptors (Lipinski definition) is 3. The van der Waals surface area contributed by atoms with E-state index < -0.39 is 5.97 Å². The highest BCUT2D eigenvalue weighted by molar-refractivity contribution is 5.73. The minimum Gasteiger partial charge on any atom is -0.481 e. The number of aliphatic carboxylic acids is 1. The molecule has 1 atom stereocenters. The number of nitrogens with zero attached hydrogens (tertiary/aromatic N) is 1. The molecule has 0 spiro atoms. The third kappa shape index (κ3) is 13.8. The van der Waals surface area contributed by atoms with Crippen molar-refractivity contribution in [3.05, 3.63) is 0 Å². The molecule has 148 valence electrons. The molecule has 0 aromatic heterocycles. The molecule has 0 bridgehead atoms. The molecule has 1 amide bonds. The number of carbonyl (C=O) groups is 2. The first-order valence-corrected chi connectivity index (χ1v) is 9.83. The van der Waals surface area contributed by atoms with Gasteiger partial charge in [-0.3, -0.25) is 9.59 Å². The van der Waals surface area contributed by atoms with Crippen LogP contribution >= 0.6 is 0 Å². The zero-order valence-corrected chi connectivity index (χ0v) is 16.7. The number of aliphatic hydroxyl groups is 1. The lowest BCUT2D eigenvalue weighted by atomic mass is 9.84. The number of carbonyl (C=O) groups excluding carboxylic acids is 1. The van der Waals surface area contributed by atoms with Gasteiger partial charge < -0.3 is 15.1 Å². The van der Waals surface area contributed by atoms with Gasteiger partial charge in [0.25, 0.3) is 0 Å². The van der Waals surface area contributed by atoms with Crippen LogP contribution in [-0.2, 0) is 9.59 Å². The summed E-state index contributed by atoms with van der Waals surface area (Å²) in [7, 11) is 0. The number of unbranched alkanes of at least 4 members (excludes halogenated alkanes) is 3. The SMILES string of the molecule is CCCCCC(O)CCCN(CCCCC(C)(C)CC(=O)O)C(C)=O. The Kier molecular flexibility index (Phi) is 12.6. The third-order valence-electron chi connectivity index (χ3n) is 4.71. The van der Waals surface area contributed by atoms with Gasteiger partial charge in [-0.05, 0) is 37.5 Å². The fourth-order valence-electron chi connectivity index (χ4n) is 3.12. The molecule has 1 unspecified atom stereocenters. The van der Waals surface area contributed by atoms with Crippen LogP contribution in [0.3, 0.4) is 0 Å². The molecule has 5 nitrogen and oxygen atoms in total. The minimum absolute atomic E-state index is 0.0743. The van der Waals surface area contributed by atoms with Gasteiger partial charge >= 0.3 is 5.97 Å². The summed E-state index contributed by atoms with van der Waals surface area (Å²) >= 11 is 0. The van der Waals surface area contributed by atoms with Crippen molar-refractivity contribution < 1.29 is 19.8 Å². The molecule has 0 rings (SSSR count). The van der Waals surface area contributed by atoms with Crippen LogP contribution in [0, 0.1) is 5.41 Å². The molecule has 0 aliphatic heterocycles. The fraction of sp³-hybridized carbons (Fsp3) is 0.900. The summed E-state index contributed by atoms with van der Waals surface area (Å²) in [5, 5.41) is 18.9. The second kappa shape index (κ2) is 13.2. The highest BCUT2D eigenvalue weighted by Crippen LogP contribution is 2.27. The van der Waals surface area contributed by atoms with Crippen molar-refractivity contribution >= 4 is 11.9 Å².